The molecule has 10 heteroatoms. The van der Waals surface area contributed by atoms with E-state index in [0.717, 1.165) is 11.3 Å². The van der Waals surface area contributed by atoms with Crippen molar-refractivity contribution in [1.29, 1.82) is 0 Å². The highest BCUT2D eigenvalue weighted by molar-refractivity contribution is 7.13. The molecule has 0 aliphatic heterocycles. The maximum Gasteiger partial charge on any atom is 0.286 e. The Bertz CT molecular complexity index is 1190. The summed E-state index contributed by atoms with van der Waals surface area (Å²) in [5, 5.41) is 13.9. The van der Waals surface area contributed by atoms with Crippen LogP contribution < -0.4 is 15.4 Å². The van der Waals surface area contributed by atoms with Gasteiger partial charge in [0.15, 0.2) is 5.01 Å². The van der Waals surface area contributed by atoms with Crippen molar-refractivity contribution in [2.24, 2.45) is 0 Å². The largest absolute Gasteiger partial charge is 0.486 e. The fourth-order valence-corrected chi connectivity index (χ4v) is 3.30. The summed E-state index contributed by atoms with van der Waals surface area (Å²) < 4.78 is 23.8. The summed E-state index contributed by atoms with van der Waals surface area (Å²) in [6.07, 6.45) is 1.55. The minimum Gasteiger partial charge on any atom is -0.486 e. The smallest absolute Gasteiger partial charge is 0.286 e. The Morgan fingerprint density at radius 2 is 1.78 bits per heavy atom. The van der Waals surface area contributed by atoms with E-state index in [1.807, 2.05) is 0 Å². The molecule has 4 aromatic rings. The van der Waals surface area contributed by atoms with Gasteiger partial charge in [-0.25, -0.2) is 4.39 Å². The molecule has 32 heavy (non-hydrogen) atoms. The number of hydrogen-bond acceptors (Lipinski definition) is 7. The van der Waals surface area contributed by atoms with Gasteiger partial charge in [-0.15, -0.1) is 10.2 Å². The van der Waals surface area contributed by atoms with Crippen LogP contribution in [0.25, 0.3) is 0 Å². The van der Waals surface area contributed by atoms with Crippen LogP contribution in [0.15, 0.2) is 71.3 Å². The fraction of sp³-hybridized carbons (Fsp3) is 0.0909. The molecule has 0 fully saturated rings. The molecule has 4 rings (SSSR count). The van der Waals surface area contributed by atoms with Crippen molar-refractivity contribution in [1.82, 2.24) is 15.5 Å². The van der Waals surface area contributed by atoms with Gasteiger partial charge >= 0.3 is 0 Å². The Kier molecular flexibility index (Phi) is 6.52. The Hall–Kier alpha value is -4.05. The molecule has 0 aliphatic carbocycles. The summed E-state index contributed by atoms with van der Waals surface area (Å²) in [6.45, 7) is 0.420. The number of halogens is 1. The SMILES string of the molecule is O=C(NCc1ccco1)c1ccc(OCc2nnc(C(=O)Nc3ccc(F)cc3)s2)cc1. The highest BCUT2D eigenvalue weighted by atomic mass is 32.1. The van der Waals surface area contributed by atoms with E-state index in [2.05, 4.69) is 20.8 Å². The van der Waals surface area contributed by atoms with Crippen LogP contribution in [0.5, 0.6) is 5.75 Å². The number of hydrogen-bond donors (Lipinski definition) is 2. The van der Waals surface area contributed by atoms with Gasteiger partial charge in [0.2, 0.25) is 5.01 Å². The molecular formula is C22H17FN4O4S. The number of rotatable bonds is 8. The van der Waals surface area contributed by atoms with Crippen molar-refractivity contribution >= 4 is 28.8 Å². The lowest BCUT2D eigenvalue weighted by Gasteiger charge is -2.06. The van der Waals surface area contributed by atoms with Gasteiger partial charge < -0.3 is 19.8 Å². The monoisotopic (exact) mass is 452 g/mol. The quantitative estimate of drug-likeness (QED) is 0.418. The number of nitrogens with one attached hydrogen (secondary N) is 2. The maximum absolute atomic E-state index is 13.0. The highest BCUT2D eigenvalue weighted by Crippen LogP contribution is 2.18. The van der Waals surface area contributed by atoms with Crippen molar-refractivity contribution in [3.63, 3.8) is 0 Å². The van der Waals surface area contributed by atoms with E-state index in [1.165, 1.54) is 24.3 Å². The van der Waals surface area contributed by atoms with Crippen molar-refractivity contribution in [2.45, 2.75) is 13.2 Å². The normalized spacial score (nSPS) is 10.5. The highest BCUT2D eigenvalue weighted by Gasteiger charge is 2.14. The minimum absolute atomic E-state index is 0.117. The first-order valence-electron chi connectivity index (χ1n) is 9.49. The van der Waals surface area contributed by atoms with Crippen LogP contribution in [0.4, 0.5) is 10.1 Å². The number of carbonyl (C=O) groups excluding carboxylic acids is 2. The van der Waals surface area contributed by atoms with Gasteiger partial charge in [-0.05, 0) is 60.7 Å². The zero-order chi connectivity index (χ0) is 22.3. The van der Waals surface area contributed by atoms with Gasteiger partial charge in [0.05, 0.1) is 12.8 Å². The molecule has 2 N–H and O–H groups in total. The molecule has 8 nitrogen and oxygen atoms in total. The molecule has 0 aliphatic rings. The number of nitrogens with zero attached hydrogens (tertiary/aromatic N) is 2. The summed E-state index contributed by atoms with van der Waals surface area (Å²) in [6, 6.07) is 15.6. The van der Waals surface area contributed by atoms with Crippen LogP contribution in [0.1, 0.15) is 30.9 Å². The number of anilines is 1. The molecule has 0 spiro atoms. The molecule has 0 saturated heterocycles. The van der Waals surface area contributed by atoms with E-state index in [4.69, 9.17) is 9.15 Å². The topological polar surface area (TPSA) is 106 Å². The lowest BCUT2D eigenvalue weighted by Crippen LogP contribution is -2.22. The van der Waals surface area contributed by atoms with E-state index in [9.17, 15) is 14.0 Å². The molecule has 162 valence electrons. The third-order valence-corrected chi connectivity index (χ3v) is 5.14. The van der Waals surface area contributed by atoms with Crippen molar-refractivity contribution < 1.29 is 23.1 Å². The molecule has 0 radical (unpaired) electrons. The molecule has 0 saturated carbocycles. The third-order valence-electron chi connectivity index (χ3n) is 4.25. The van der Waals surface area contributed by atoms with Gasteiger partial charge in [0.25, 0.3) is 11.8 Å². The van der Waals surface area contributed by atoms with Crippen LogP contribution in [-0.4, -0.2) is 22.0 Å². The van der Waals surface area contributed by atoms with E-state index < -0.39 is 5.91 Å². The number of ether oxygens (including phenoxy) is 1. The summed E-state index contributed by atoms with van der Waals surface area (Å²) in [7, 11) is 0. The van der Waals surface area contributed by atoms with Crippen molar-refractivity contribution in [3.05, 3.63) is 94.1 Å². The van der Waals surface area contributed by atoms with Crippen LogP contribution >= 0.6 is 11.3 Å². The summed E-state index contributed by atoms with van der Waals surface area (Å²) in [5.41, 5.74) is 0.942. The molecule has 2 heterocycles. The lowest BCUT2D eigenvalue weighted by atomic mass is 10.2. The van der Waals surface area contributed by atoms with Crippen LogP contribution in [0.3, 0.4) is 0 Å². The van der Waals surface area contributed by atoms with Crippen LogP contribution in [0, 0.1) is 5.82 Å². The van der Waals surface area contributed by atoms with Gasteiger partial charge in [-0.1, -0.05) is 11.3 Å². The van der Waals surface area contributed by atoms with Crippen LogP contribution in [0.2, 0.25) is 0 Å². The first kappa shape index (κ1) is 21.2. The van der Waals surface area contributed by atoms with Gasteiger partial charge in [0.1, 0.15) is 23.9 Å². The molecule has 0 atom stereocenters. The van der Waals surface area contributed by atoms with Crippen molar-refractivity contribution in [3.8, 4) is 5.75 Å². The third kappa shape index (κ3) is 5.55. The van der Waals surface area contributed by atoms with Gasteiger partial charge in [-0.3, -0.25) is 9.59 Å². The van der Waals surface area contributed by atoms with Gasteiger partial charge in [-0.2, -0.15) is 0 Å². The number of benzene rings is 2. The van der Waals surface area contributed by atoms with Gasteiger partial charge in [0, 0.05) is 11.3 Å². The average molecular weight is 452 g/mol. The maximum atomic E-state index is 13.0. The lowest BCUT2D eigenvalue weighted by molar-refractivity contribution is 0.0947. The van der Waals surface area contributed by atoms with Crippen molar-refractivity contribution in [2.75, 3.05) is 5.32 Å². The Balaban J connectivity index is 1.27. The average Bonchev–Trinajstić information content (AvgIpc) is 3.50. The Morgan fingerprint density at radius 3 is 2.50 bits per heavy atom. The predicted octanol–water partition coefficient (Wildman–Crippen LogP) is 4.03. The molecular weight excluding hydrogens is 435 g/mol. The zero-order valence-corrected chi connectivity index (χ0v) is 17.4. The fourth-order valence-electron chi connectivity index (χ4n) is 2.65. The standard InChI is InChI=1S/C22H17FN4O4S/c23-15-5-7-16(8-6-15)25-21(29)22-27-26-19(32-22)13-31-17-9-3-14(4-10-17)20(28)24-12-18-2-1-11-30-18/h1-11H,12-13H2,(H,24,28)(H,25,29). The second-order valence-electron chi connectivity index (χ2n) is 6.54. The second-order valence-corrected chi connectivity index (χ2v) is 7.60. The Morgan fingerprint density at radius 1 is 1.00 bits per heavy atom. The minimum atomic E-state index is -0.440. The first-order valence-corrected chi connectivity index (χ1v) is 10.3. The number of furan rings is 1. The second kappa shape index (κ2) is 9.84. The van der Waals surface area contributed by atoms with E-state index in [1.54, 1.807) is 42.7 Å². The van der Waals surface area contributed by atoms with E-state index in [-0.39, 0.29) is 23.3 Å². The van der Waals surface area contributed by atoms with E-state index in [0.29, 0.717) is 34.3 Å². The number of amides is 2. The number of aromatic nitrogens is 2. The molecule has 2 amide bonds. The first-order chi connectivity index (χ1) is 15.6. The predicted molar refractivity (Wildman–Crippen MR) is 115 cm³/mol. The van der Waals surface area contributed by atoms with E-state index >= 15 is 0 Å². The number of carbonyl (C=O) groups is 2. The summed E-state index contributed by atoms with van der Waals surface area (Å²) in [5.74, 6) is 0.154. The summed E-state index contributed by atoms with van der Waals surface area (Å²) in [4.78, 5) is 24.4. The molecule has 0 unspecified atom stereocenters. The zero-order valence-electron chi connectivity index (χ0n) is 16.6. The molecule has 2 aromatic heterocycles. The summed E-state index contributed by atoms with van der Waals surface area (Å²) >= 11 is 1.09. The molecule has 0 bridgehead atoms. The van der Waals surface area contributed by atoms with Crippen LogP contribution in [-0.2, 0) is 13.2 Å². The molecule has 2 aromatic carbocycles. The Labute approximate surface area is 186 Å².